The van der Waals surface area contributed by atoms with Crippen LogP contribution in [-0.2, 0) is 6.54 Å². The van der Waals surface area contributed by atoms with Gasteiger partial charge in [0.2, 0.25) is 0 Å². The Morgan fingerprint density at radius 3 is 2.78 bits per heavy atom. The maximum absolute atomic E-state index is 13.1. The van der Waals surface area contributed by atoms with E-state index >= 15 is 0 Å². The minimum atomic E-state index is -0.319. The summed E-state index contributed by atoms with van der Waals surface area (Å²) < 4.78 is 14.7. The highest BCUT2D eigenvalue weighted by atomic mass is 79.9. The highest BCUT2D eigenvalue weighted by Gasteiger charge is 2.09. The molecule has 2 nitrogen and oxygen atoms in total. The average Bonchev–Trinajstić information content (AvgIpc) is 2.77. The number of carbonyl (C=O) groups is 1. The van der Waals surface area contributed by atoms with Gasteiger partial charge in [-0.2, -0.15) is 0 Å². The van der Waals surface area contributed by atoms with E-state index in [1.54, 1.807) is 17.5 Å². The zero-order valence-electron chi connectivity index (χ0n) is 9.04. The smallest absolute Gasteiger partial charge is 0.252 e. The van der Waals surface area contributed by atoms with E-state index in [-0.39, 0.29) is 18.3 Å². The van der Waals surface area contributed by atoms with E-state index in [0.717, 1.165) is 8.26 Å². The Hall–Kier alpha value is -0.720. The van der Waals surface area contributed by atoms with Crippen LogP contribution in [0, 0.1) is 5.82 Å². The number of thiophene rings is 1. The first-order valence-corrected chi connectivity index (χ1v) is 7.49. The Labute approximate surface area is 124 Å². The zero-order valence-corrected chi connectivity index (χ0v) is 13.0. The number of rotatable bonds is 3. The van der Waals surface area contributed by atoms with E-state index < -0.39 is 0 Å². The molecule has 1 heterocycles. The van der Waals surface area contributed by atoms with Gasteiger partial charge >= 0.3 is 0 Å². The second-order valence-electron chi connectivity index (χ2n) is 3.56. The number of amides is 1. The first-order valence-electron chi connectivity index (χ1n) is 5.02. The number of carbonyl (C=O) groups excluding carboxylic acids is 1. The molecule has 6 heteroatoms. The Bertz CT molecular complexity index is 585. The quantitative estimate of drug-likeness (QED) is 0.826. The van der Waals surface area contributed by atoms with Crippen molar-refractivity contribution >= 4 is 49.1 Å². The van der Waals surface area contributed by atoms with Crippen LogP contribution in [0.2, 0.25) is 0 Å². The Morgan fingerprint density at radius 2 is 2.11 bits per heavy atom. The molecule has 0 atom stereocenters. The molecule has 0 aliphatic heterocycles. The third-order valence-corrected chi connectivity index (χ3v) is 4.55. The van der Waals surface area contributed by atoms with Crippen molar-refractivity contribution in [2.24, 2.45) is 0 Å². The minimum absolute atomic E-state index is 0.173. The van der Waals surface area contributed by atoms with E-state index in [0.29, 0.717) is 11.1 Å². The van der Waals surface area contributed by atoms with E-state index in [1.807, 2.05) is 0 Å². The third kappa shape index (κ3) is 3.40. The van der Waals surface area contributed by atoms with Gasteiger partial charge in [-0.1, -0.05) is 15.9 Å². The number of hydrogen-bond donors (Lipinski definition) is 1. The van der Waals surface area contributed by atoms with Crippen LogP contribution < -0.4 is 5.32 Å². The maximum Gasteiger partial charge on any atom is 0.252 e. The molecular formula is C12H8Br2FNOS. The molecule has 0 aliphatic rings. The molecule has 0 radical (unpaired) electrons. The average molecular weight is 393 g/mol. The van der Waals surface area contributed by atoms with Crippen molar-refractivity contribution in [2.75, 3.05) is 0 Å². The van der Waals surface area contributed by atoms with Crippen molar-refractivity contribution in [1.82, 2.24) is 5.32 Å². The van der Waals surface area contributed by atoms with Crippen LogP contribution in [-0.4, -0.2) is 5.91 Å². The fraction of sp³-hybridized carbons (Fsp3) is 0.0833. The lowest BCUT2D eigenvalue weighted by Crippen LogP contribution is -2.22. The van der Waals surface area contributed by atoms with Crippen molar-refractivity contribution in [3.63, 3.8) is 0 Å². The number of nitrogens with one attached hydrogen (secondary N) is 1. The summed E-state index contributed by atoms with van der Waals surface area (Å²) in [6, 6.07) is 6.14. The van der Waals surface area contributed by atoms with Gasteiger partial charge in [-0.3, -0.25) is 4.79 Å². The predicted molar refractivity (Wildman–Crippen MR) is 77.3 cm³/mol. The summed E-state index contributed by atoms with van der Waals surface area (Å²) in [7, 11) is 0. The van der Waals surface area contributed by atoms with Crippen molar-refractivity contribution in [3.05, 3.63) is 54.8 Å². The van der Waals surface area contributed by atoms with Crippen LogP contribution in [0.15, 0.2) is 37.9 Å². The second-order valence-corrected chi connectivity index (χ2v) is 6.70. The highest BCUT2D eigenvalue weighted by Crippen LogP contribution is 2.21. The van der Waals surface area contributed by atoms with Crippen LogP contribution in [0.4, 0.5) is 4.39 Å². The van der Waals surface area contributed by atoms with E-state index in [9.17, 15) is 9.18 Å². The molecule has 18 heavy (non-hydrogen) atoms. The maximum atomic E-state index is 13.1. The molecule has 1 aromatic carbocycles. The molecule has 1 amide bonds. The lowest BCUT2D eigenvalue weighted by Gasteiger charge is -2.06. The topological polar surface area (TPSA) is 29.1 Å². The van der Waals surface area contributed by atoms with Crippen LogP contribution in [0.5, 0.6) is 0 Å². The monoisotopic (exact) mass is 391 g/mol. The van der Waals surface area contributed by atoms with Gasteiger partial charge in [0.1, 0.15) is 5.82 Å². The lowest BCUT2D eigenvalue weighted by atomic mass is 10.2. The summed E-state index contributed by atoms with van der Waals surface area (Å²) in [5.74, 6) is -0.492. The van der Waals surface area contributed by atoms with Gasteiger partial charge in [0.15, 0.2) is 0 Å². The van der Waals surface area contributed by atoms with Crippen LogP contribution in [0.3, 0.4) is 0 Å². The first-order chi connectivity index (χ1) is 8.56. The van der Waals surface area contributed by atoms with Crippen molar-refractivity contribution in [3.8, 4) is 0 Å². The molecule has 0 spiro atoms. The van der Waals surface area contributed by atoms with Gasteiger partial charge < -0.3 is 5.32 Å². The summed E-state index contributed by atoms with van der Waals surface area (Å²) in [5.41, 5.74) is 1.30. The normalized spacial score (nSPS) is 10.4. The van der Waals surface area contributed by atoms with E-state index in [4.69, 9.17) is 0 Å². The second kappa shape index (κ2) is 5.95. The molecule has 0 fully saturated rings. The molecule has 2 aromatic rings. The summed E-state index contributed by atoms with van der Waals surface area (Å²) in [6.07, 6.45) is 0. The van der Waals surface area contributed by atoms with Crippen LogP contribution in [0.1, 0.15) is 15.9 Å². The fourth-order valence-corrected chi connectivity index (χ4v) is 2.91. The van der Waals surface area contributed by atoms with Crippen molar-refractivity contribution < 1.29 is 9.18 Å². The standard InChI is InChI=1S/C12H8Br2FNOS/c13-10-2-1-9(15)3-7(10)5-16-12(17)8-4-11(14)18-6-8/h1-4,6H,5H2,(H,16,17). The molecule has 2 rings (SSSR count). The van der Waals surface area contributed by atoms with E-state index in [2.05, 4.69) is 37.2 Å². The largest absolute Gasteiger partial charge is 0.348 e. The minimum Gasteiger partial charge on any atom is -0.348 e. The number of hydrogen-bond acceptors (Lipinski definition) is 2. The molecular weight excluding hydrogens is 385 g/mol. The van der Waals surface area contributed by atoms with Gasteiger partial charge in [-0.15, -0.1) is 11.3 Å². The summed E-state index contributed by atoms with van der Waals surface area (Å²) in [4.78, 5) is 11.8. The Kier molecular flexibility index (Phi) is 4.53. The van der Waals surface area contributed by atoms with Gasteiger partial charge in [0, 0.05) is 16.4 Å². The van der Waals surface area contributed by atoms with Gasteiger partial charge in [0.25, 0.3) is 5.91 Å². The summed E-state index contributed by atoms with van der Waals surface area (Å²) in [6.45, 7) is 0.282. The molecule has 0 unspecified atom stereocenters. The third-order valence-electron chi connectivity index (χ3n) is 2.28. The molecule has 1 N–H and O–H groups in total. The van der Waals surface area contributed by atoms with Crippen molar-refractivity contribution in [1.29, 1.82) is 0 Å². The molecule has 0 bridgehead atoms. The number of halogens is 3. The molecule has 0 aliphatic carbocycles. The van der Waals surface area contributed by atoms with Crippen LogP contribution in [0.25, 0.3) is 0 Å². The summed E-state index contributed by atoms with van der Waals surface area (Å²) in [5, 5.41) is 4.51. The number of benzene rings is 1. The van der Waals surface area contributed by atoms with Gasteiger partial charge in [-0.25, -0.2) is 4.39 Å². The van der Waals surface area contributed by atoms with Gasteiger partial charge in [-0.05, 0) is 45.8 Å². The summed E-state index contributed by atoms with van der Waals surface area (Å²) >= 11 is 8.06. The molecule has 1 aromatic heterocycles. The molecule has 94 valence electrons. The Morgan fingerprint density at radius 1 is 1.33 bits per heavy atom. The van der Waals surface area contributed by atoms with E-state index in [1.165, 1.54) is 23.5 Å². The van der Waals surface area contributed by atoms with Crippen LogP contribution >= 0.6 is 43.2 Å². The zero-order chi connectivity index (χ0) is 13.1. The van der Waals surface area contributed by atoms with Crippen molar-refractivity contribution in [2.45, 2.75) is 6.54 Å². The van der Waals surface area contributed by atoms with Gasteiger partial charge in [0.05, 0.1) is 9.35 Å². The highest BCUT2D eigenvalue weighted by molar-refractivity contribution is 9.11. The fourth-order valence-electron chi connectivity index (χ4n) is 1.39. The first kappa shape index (κ1) is 13.7. The molecule has 0 saturated heterocycles. The predicted octanol–water partition coefficient (Wildman–Crippen LogP) is 4.34. The molecule has 0 saturated carbocycles. The Balaban J connectivity index is 2.03. The lowest BCUT2D eigenvalue weighted by molar-refractivity contribution is 0.0951. The SMILES string of the molecule is O=C(NCc1cc(F)ccc1Br)c1csc(Br)c1.